The topological polar surface area (TPSA) is 23.6 Å². The number of benzene rings is 1. The minimum atomic E-state index is 0.120. The molecular formula is C18H23ClN2O. The van der Waals surface area contributed by atoms with E-state index in [1.54, 1.807) is 6.07 Å². The number of rotatable bonds is 2. The molecule has 0 N–H and O–H groups in total. The number of hydrogen-bond acceptors (Lipinski definition) is 2. The molecule has 0 aromatic heterocycles. The fourth-order valence-corrected chi connectivity index (χ4v) is 4.91. The van der Waals surface area contributed by atoms with Crippen LogP contribution in [0.5, 0.6) is 0 Å². The van der Waals surface area contributed by atoms with Crippen LogP contribution in [0, 0.1) is 11.8 Å². The normalized spacial score (nSPS) is 31.7. The number of piperazine rings is 1. The Balaban J connectivity index is 1.36. The van der Waals surface area contributed by atoms with Crippen LogP contribution >= 0.6 is 11.6 Å². The van der Waals surface area contributed by atoms with Crippen LogP contribution in [0.2, 0.25) is 5.02 Å². The maximum atomic E-state index is 12.6. The molecule has 4 heteroatoms. The van der Waals surface area contributed by atoms with Gasteiger partial charge in [-0.05, 0) is 49.3 Å². The van der Waals surface area contributed by atoms with Gasteiger partial charge in [0.1, 0.15) is 0 Å². The standard InChI is InChI=1S/C18H23ClN2O/c19-16-3-1-2-15(12-16)18(22)21-8-6-20(7-9-21)17-11-13-4-5-14(17)10-13/h1-3,12-14,17H,4-11H2/t13-,14-,17-/m1/s1. The molecule has 2 aliphatic carbocycles. The lowest BCUT2D eigenvalue weighted by molar-refractivity contribution is 0.0496. The van der Waals surface area contributed by atoms with E-state index in [1.807, 2.05) is 23.1 Å². The smallest absolute Gasteiger partial charge is 0.253 e. The van der Waals surface area contributed by atoms with Gasteiger partial charge in [-0.3, -0.25) is 9.69 Å². The first-order chi connectivity index (χ1) is 10.7. The second-order valence-electron chi connectivity index (χ2n) is 7.08. The van der Waals surface area contributed by atoms with Crippen molar-refractivity contribution in [1.29, 1.82) is 0 Å². The van der Waals surface area contributed by atoms with E-state index in [9.17, 15) is 4.79 Å². The Kier molecular flexibility index (Phi) is 3.87. The van der Waals surface area contributed by atoms with Crippen LogP contribution in [0.4, 0.5) is 0 Å². The van der Waals surface area contributed by atoms with Crippen LogP contribution in [0.25, 0.3) is 0 Å². The lowest BCUT2D eigenvalue weighted by Crippen LogP contribution is -2.53. The molecule has 1 aliphatic heterocycles. The summed E-state index contributed by atoms with van der Waals surface area (Å²) in [5.74, 6) is 2.04. The van der Waals surface area contributed by atoms with Crippen molar-refractivity contribution in [3.63, 3.8) is 0 Å². The van der Waals surface area contributed by atoms with Crippen LogP contribution in [-0.2, 0) is 0 Å². The minimum absolute atomic E-state index is 0.120. The van der Waals surface area contributed by atoms with Gasteiger partial charge < -0.3 is 4.90 Å². The van der Waals surface area contributed by atoms with Crippen LogP contribution in [0.15, 0.2) is 24.3 Å². The molecule has 1 aromatic carbocycles. The van der Waals surface area contributed by atoms with Crippen molar-refractivity contribution in [2.45, 2.75) is 31.7 Å². The Hall–Kier alpha value is -1.06. The highest BCUT2D eigenvalue weighted by Gasteiger charge is 2.42. The van der Waals surface area contributed by atoms with Crippen LogP contribution in [0.1, 0.15) is 36.0 Å². The Morgan fingerprint density at radius 3 is 2.55 bits per heavy atom. The highest BCUT2D eigenvalue weighted by molar-refractivity contribution is 6.30. The van der Waals surface area contributed by atoms with Crippen LogP contribution < -0.4 is 0 Å². The van der Waals surface area contributed by atoms with Gasteiger partial charge in [-0.25, -0.2) is 0 Å². The predicted octanol–water partition coefficient (Wildman–Crippen LogP) is 3.29. The van der Waals surface area contributed by atoms with Gasteiger partial charge in [0.15, 0.2) is 0 Å². The third-order valence-corrected chi connectivity index (χ3v) is 6.08. The van der Waals surface area contributed by atoms with Gasteiger partial charge in [-0.1, -0.05) is 24.1 Å². The molecule has 0 spiro atoms. The molecule has 3 atom stereocenters. The summed E-state index contributed by atoms with van der Waals surface area (Å²) in [6.07, 6.45) is 5.73. The number of halogens is 1. The minimum Gasteiger partial charge on any atom is -0.336 e. The van der Waals surface area contributed by atoms with E-state index in [1.165, 1.54) is 25.7 Å². The van der Waals surface area contributed by atoms with Gasteiger partial charge >= 0.3 is 0 Å². The molecule has 1 heterocycles. The summed E-state index contributed by atoms with van der Waals surface area (Å²) in [5.41, 5.74) is 0.709. The molecule has 2 saturated carbocycles. The zero-order chi connectivity index (χ0) is 15.1. The maximum absolute atomic E-state index is 12.6. The molecule has 1 saturated heterocycles. The molecule has 1 amide bonds. The molecule has 0 unspecified atom stereocenters. The zero-order valence-corrected chi connectivity index (χ0v) is 13.6. The number of nitrogens with zero attached hydrogens (tertiary/aromatic N) is 2. The van der Waals surface area contributed by atoms with Crippen molar-refractivity contribution in [3.05, 3.63) is 34.9 Å². The molecule has 0 radical (unpaired) electrons. The Labute approximate surface area is 137 Å². The van der Waals surface area contributed by atoms with Gasteiger partial charge in [0, 0.05) is 42.8 Å². The quantitative estimate of drug-likeness (QED) is 0.835. The summed E-state index contributed by atoms with van der Waals surface area (Å²) < 4.78 is 0. The zero-order valence-electron chi connectivity index (χ0n) is 12.9. The number of carbonyl (C=O) groups excluding carboxylic acids is 1. The van der Waals surface area contributed by atoms with Crippen molar-refractivity contribution in [2.24, 2.45) is 11.8 Å². The maximum Gasteiger partial charge on any atom is 0.253 e. The SMILES string of the molecule is O=C(c1cccc(Cl)c1)N1CCN([C@@H]2C[C@@H]3CC[C@@H]2C3)CC1. The summed E-state index contributed by atoms with van der Waals surface area (Å²) >= 11 is 5.99. The fourth-order valence-electron chi connectivity index (χ4n) is 4.72. The highest BCUT2D eigenvalue weighted by Crippen LogP contribution is 2.46. The molecule has 3 nitrogen and oxygen atoms in total. The third-order valence-electron chi connectivity index (χ3n) is 5.84. The lowest BCUT2D eigenvalue weighted by atomic mass is 9.93. The monoisotopic (exact) mass is 318 g/mol. The molecule has 118 valence electrons. The van der Waals surface area contributed by atoms with E-state index < -0.39 is 0 Å². The molecule has 22 heavy (non-hydrogen) atoms. The highest BCUT2D eigenvalue weighted by atomic mass is 35.5. The van der Waals surface area contributed by atoms with Crippen molar-refractivity contribution in [1.82, 2.24) is 9.80 Å². The first-order valence-corrected chi connectivity index (χ1v) is 8.87. The van der Waals surface area contributed by atoms with Gasteiger partial charge in [-0.15, -0.1) is 0 Å². The summed E-state index contributed by atoms with van der Waals surface area (Å²) in [5, 5.41) is 0.631. The molecule has 3 aliphatic rings. The third kappa shape index (κ3) is 2.65. The van der Waals surface area contributed by atoms with E-state index in [4.69, 9.17) is 11.6 Å². The molecular weight excluding hydrogens is 296 g/mol. The Morgan fingerprint density at radius 2 is 1.91 bits per heavy atom. The van der Waals surface area contributed by atoms with Crippen LogP contribution in [0.3, 0.4) is 0 Å². The summed E-state index contributed by atoms with van der Waals surface area (Å²) in [6.45, 7) is 3.75. The summed E-state index contributed by atoms with van der Waals surface area (Å²) in [4.78, 5) is 17.2. The largest absolute Gasteiger partial charge is 0.336 e. The molecule has 2 bridgehead atoms. The van der Waals surface area contributed by atoms with Gasteiger partial charge in [0.05, 0.1) is 0 Å². The molecule has 4 rings (SSSR count). The van der Waals surface area contributed by atoms with Gasteiger partial charge in [-0.2, -0.15) is 0 Å². The first-order valence-electron chi connectivity index (χ1n) is 8.49. The number of fused-ring (bicyclic) bond motifs is 2. The van der Waals surface area contributed by atoms with Gasteiger partial charge in [0.25, 0.3) is 5.91 Å². The second kappa shape index (κ2) is 5.86. The van der Waals surface area contributed by atoms with Gasteiger partial charge in [0.2, 0.25) is 0 Å². The average molecular weight is 319 g/mol. The van der Waals surface area contributed by atoms with Crippen molar-refractivity contribution in [3.8, 4) is 0 Å². The van der Waals surface area contributed by atoms with E-state index in [-0.39, 0.29) is 5.91 Å². The van der Waals surface area contributed by atoms with E-state index in [2.05, 4.69) is 4.90 Å². The molecule has 1 aromatic rings. The predicted molar refractivity (Wildman–Crippen MR) is 88.2 cm³/mol. The fraction of sp³-hybridized carbons (Fsp3) is 0.611. The average Bonchev–Trinajstić information content (AvgIpc) is 3.17. The Morgan fingerprint density at radius 1 is 1.09 bits per heavy atom. The van der Waals surface area contributed by atoms with Crippen LogP contribution in [-0.4, -0.2) is 47.9 Å². The second-order valence-corrected chi connectivity index (χ2v) is 7.52. The first kappa shape index (κ1) is 14.5. The Bertz CT molecular complexity index is 568. The van der Waals surface area contributed by atoms with E-state index in [0.717, 1.165) is 44.1 Å². The van der Waals surface area contributed by atoms with Crippen molar-refractivity contribution in [2.75, 3.05) is 26.2 Å². The molecule has 3 fully saturated rings. The lowest BCUT2D eigenvalue weighted by Gasteiger charge is -2.41. The van der Waals surface area contributed by atoms with Crippen molar-refractivity contribution < 1.29 is 4.79 Å². The number of amides is 1. The van der Waals surface area contributed by atoms with E-state index in [0.29, 0.717) is 10.6 Å². The van der Waals surface area contributed by atoms with E-state index >= 15 is 0 Å². The summed E-state index contributed by atoms with van der Waals surface area (Å²) in [7, 11) is 0. The van der Waals surface area contributed by atoms with Crippen molar-refractivity contribution >= 4 is 17.5 Å². The number of hydrogen-bond donors (Lipinski definition) is 0. The summed E-state index contributed by atoms with van der Waals surface area (Å²) in [6, 6.07) is 8.08. The number of carbonyl (C=O) groups is 1.